The van der Waals surface area contributed by atoms with Gasteiger partial charge >= 0.3 is 0 Å². The molecule has 3 heteroatoms. The maximum Gasteiger partial charge on any atom is 0.127 e. The molecular weight excluding hydrogens is 588 g/mol. The normalized spacial score (nSPS) is 15.9. The van der Waals surface area contributed by atoms with Crippen LogP contribution in [0.25, 0.3) is 38.6 Å². The number of halogens is 1. The van der Waals surface area contributed by atoms with Gasteiger partial charge in [-0.3, -0.25) is 0 Å². The van der Waals surface area contributed by atoms with Gasteiger partial charge in [-0.2, -0.15) is 0 Å². The highest BCUT2D eigenvalue weighted by molar-refractivity contribution is 6.09. The fourth-order valence-corrected chi connectivity index (χ4v) is 8.15. The topological polar surface area (TPSA) is 8.17 Å². The average molecular weight is 629 g/mol. The number of benzene rings is 6. The third-order valence-electron chi connectivity index (χ3n) is 11.9. The zero-order chi connectivity index (χ0) is 33.4. The minimum atomic E-state index is -0.318. The number of hydrogen-bond donors (Lipinski definition) is 0. The van der Waals surface area contributed by atoms with Crippen LogP contribution in [0.2, 0.25) is 0 Å². The van der Waals surface area contributed by atoms with Gasteiger partial charge in [0.25, 0.3) is 0 Å². The van der Waals surface area contributed by atoms with Crippen LogP contribution in [0.1, 0.15) is 52.7 Å². The summed E-state index contributed by atoms with van der Waals surface area (Å²) in [6.45, 7) is 13.5. The van der Waals surface area contributed by atoms with Gasteiger partial charge in [-0.25, -0.2) is 4.39 Å². The second-order valence-electron chi connectivity index (χ2n) is 14.9. The molecular formula is C45H41FN2. The van der Waals surface area contributed by atoms with Crippen LogP contribution in [-0.4, -0.2) is 4.57 Å². The number of para-hydroxylation sites is 4. The van der Waals surface area contributed by atoms with Crippen molar-refractivity contribution in [2.75, 3.05) is 4.90 Å². The predicted octanol–water partition coefficient (Wildman–Crippen LogP) is 12.7. The van der Waals surface area contributed by atoms with Gasteiger partial charge in [0.15, 0.2) is 0 Å². The number of anilines is 3. The summed E-state index contributed by atoms with van der Waals surface area (Å²) in [7, 11) is 0. The Morgan fingerprint density at radius 2 is 1.00 bits per heavy atom. The van der Waals surface area contributed by atoms with Crippen molar-refractivity contribution in [1.82, 2.24) is 4.57 Å². The standard InChI is InChI=1S/C45H41FN2/c1-43(2)38-27-31(28-39(46)42(38)44(3,4)45(43,5)6)30-25-34(47(32-17-9-7-10-18-32)33-19-11-8-12-20-33)29-35(26-30)48-40-23-15-13-21-36(40)37-22-14-16-24-41(37)48/h7-29H,1-6H3. The lowest BCUT2D eigenvalue weighted by Gasteiger charge is -2.44. The average Bonchev–Trinajstić information content (AvgIpc) is 3.47. The van der Waals surface area contributed by atoms with E-state index in [1.54, 1.807) is 6.07 Å². The lowest BCUT2D eigenvalue weighted by molar-refractivity contribution is 0.123. The summed E-state index contributed by atoms with van der Waals surface area (Å²) in [4.78, 5) is 2.29. The van der Waals surface area contributed by atoms with Gasteiger partial charge in [0.05, 0.1) is 11.0 Å². The molecule has 0 aliphatic heterocycles. The minimum absolute atomic E-state index is 0.127. The van der Waals surface area contributed by atoms with Crippen LogP contribution in [0.15, 0.2) is 140 Å². The van der Waals surface area contributed by atoms with Gasteiger partial charge in [0.1, 0.15) is 5.82 Å². The largest absolute Gasteiger partial charge is 0.310 e. The molecule has 1 aromatic heterocycles. The maximum atomic E-state index is 16.6. The molecule has 238 valence electrons. The number of aromatic nitrogens is 1. The highest BCUT2D eigenvalue weighted by Gasteiger charge is 2.58. The first-order valence-electron chi connectivity index (χ1n) is 16.9. The molecule has 2 nitrogen and oxygen atoms in total. The van der Waals surface area contributed by atoms with E-state index in [1.807, 2.05) is 12.1 Å². The van der Waals surface area contributed by atoms with E-state index in [1.165, 1.54) is 10.8 Å². The lowest BCUT2D eigenvalue weighted by Crippen LogP contribution is -2.42. The SMILES string of the molecule is CC1(C)c2cc(-c3cc(N(c4ccccc4)c4ccccc4)cc(-n4c5ccccc5c5ccccc54)c3)cc(F)c2C(C)(C)C1(C)C. The van der Waals surface area contributed by atoms with Crippen molar-refractivity contribution >= 4 is 38.9 Å². The van der Waals surface area contributed by atoms with Gasteiger partial charge in [-0.05, 0) is 99.2 Å². The van der Waals surface area contributed by atoms with Crippen LogP contribution in [0, 0.1) is 11.2 Å². The molecule has 0 spiro atoms. The molecule has 0 radical (unpaired) electrons. The van der Waals surface area contributed by atoms with E-state index in [-0.39, 0.29) is 22.1 Å². The van der Waals surface area contributed by atoms with Crippen molar-refractivity contribution in [3.05, 3.63) is 156 Å². The summed E-state index contributed by atoms with van der Waals surface area (Å²) >= 11 is 0. The van der Waals surface area contributed by atoms with E-state index in [0.717, 1.165) is 56.0 Å². The summed E-state index contributed by atoms with van der Waals surface area (Å²) < 4.78 is 18.9. The molecule has 0 fully saturated rings. The molecule has 1 aliphatic rings. The fraction of sp³-hybridized carbons (Fsp3) is 0.200. The van der Waals surface area contributed by atoms with Crippen LogP contribution < -0.4 is 4.90 Å². The van der Waals surface area contributed by atoms with Crippen molar-refractivity contribution in [1.29, 1.82) is 0 Å². The van der Waals surface area contributed by atoms with Crippen molar-refractivity contribution in [2.45, 2.75) is 52.4 Å². The maximum absolute atomic E-state index is 16.6. The molecule has 0 amide bonds. The molecule has 6 aromatic carbocycles. The third kappa shape index (κ3) is 4.30. The van der Waals surface area contributed by atoms with Crippen molar-refractivity contribution in [3.8, 4) is 16.8 Å². The van der Waals surface area contributed by atoms with Gasteiger partial charge in [0, 0.05) is 33.5 Å². The van der Waals surface area contributed by atoms with E-state index in [4.69, 9.17) is 0 Å². The van der Waals surface area contributed by atoms with Crippen LogP contribution in [0.3, 0.4) is 0 Å². The Morgan fingerprint density at radius 3 is 1.56 bits per heavy atom. The second kappa shape index (κ2) is 10.7. The van der Waals surface area contributed by atoms with E-state index >= 15 is 4.39 Å². The molecule has 0 N–H and O–H groups in total. The Kier molecular flexibility index (Phi) is 6.72. The molecule has 8 rings (SSSR count). The molecule has 0 bridgehead atoms. The molecule has 48 heavy (non-hydrogen) atoms. The zero-order valence-corrected chi connectivity index (χ0v) is 28.6. The van der Waals surface area contributed by atoms with Gasteiger partial charge in [-0.15, -0.1) is 0 Å². The lowest BCUT2D eigenvalue weighted by atomic mass is 9.59. The second-order valence-corrected chi connectivity index (χ2v) is 14.9. The molecule has 0 unspecified atom stereocenters. The highest BCUT2D eigenvalue weighted by Crippen LogP contribution is 2.62. The first-order chi connectivity index (χ1) is 23.0. The van der Waals surface area contributed by atoms with Crippen LogP contribution in [-0.2, 0) is 10.8 Å². The Bertz CT molecular complexity index is 2230. The molecule has 0 saturated heterocycles. The molecule has 1 aliphatic carbocycles. The van der Waals surface area contributed by atoms with E-state index in [0.29, 0.717) is 0 Å². The Balaban J connectivity index is 1.45. The summed E-state index contributed by atoms with van der Waals surface area (Å²) in [5.74, 6) is -0.127. The fourth-order valence-electron chi connectivity index (χ4n) is 8.15. The van der Waals surface area contributed by atoms with Gasteiger partial charge in [0.2, 0.25) is 0 Å². The summed E-state index contributed by atoms with van der Waals surface area (Å²) in [5.41, 5.74) is 9.52. The van der Waals surface area contributed by atoms with Crippen molar-refractivity contribution in [3.63, 3.8) is 0 Å². The predicted molar refractivity (Wildman–Crippen MR) is 201 cm³/mol. The van der Waals surface area contributed by atoms with Crippen molar-refractivity contribution < 1.29 is 4.39 Å². The Hall–Kier alpha value is -5.15. The Labute approximate surface area is 283 Å². The van der Waals surface area contributed by atoms with Crippen LogP contribution in [0.5, 0.6) is 0 Å². The molecule has 1 heterocycles. The van der Waals surface area contributed by atoms with E-state index in [2.05, 4.69) is 172 Å². The van der Waals surface area contributed by atoms with Gasteiger partial charge < -0.3 is 9.47 Å². The summed E-state index contributed by atoms with van der Waals surface area (Å²) in [6.07, 6.45) is 0. The van der Waals surface area contributed by atoms with Gasteiger partial charge in [-0.1, -0.05) is 120 Å². The highest BCUT2D eigenvalue weighted by atomic mass is 19.1. The monoisotopic (exact) mass is 628 g/mol. The summed E-state index contributed by atoms with van der Waals surface area (Å²) in [5, 5.41) is 2.41. The first-order valence-corrected chi connectivity index (χ1v) is 16.9. The van der Waals surface area contributed by atoms with E-state index < -0.39 is 0 Å². The smallest absolute Gasteiger partial charge is 0.127 e. The zero-order valence-electron chi connectivity index (χ0n) is 28.6. The summed E-state index contributed by atoms with van der Waals surface area (Å²) in [6, 6.07) is 48.9. The minimum Gasteiger partial charge on any atom is -0.310 e. The van der Waals surface area contributed by atoms with E-state index in [9.17, 15) is 0 Å². The number of rotatable bonds is 5. The molecule has 0 atom stereocenters. The number of hydrogen-bond acceptors (Lipinski definition) is 1. The van der Waals surface area contributed by atoms with Crippen molar-refractivity contribution in [2.24, 2.45) is 5.41 Å². The quantitative estimate of drug-likeness (QED) is 0.184. The first kappa shape index (κ1) is 30.2. The molecule has 7 aromatic rings. The number of nitrogens with zero attached hydrogens (tertiary/aromatic N) is 2. The molecule has 0 saturated carbocycles. The van der Waals surface area contributed by atoms with Crippen LogP contribution >= 0.6 is 0 Å². The third-order valence-corrected chi connectivity index (χ3v) is 11.9. The Morgan fingerprint density at radius 1 is 0.500 bits per heavy atom. The number of fused-ring (bicyclic) bond motifs is 4. The van der Waals surface area contributed by atoms with Crippen LogP contribution in [0.4, 0.5) is 21.5 Å².